The first-order chi connectivity index (χ1) is 12.1. The standard InChI is InChI=1S/C18H25FN4O2S/c1-12(2)18-16(13(3)22-23(18)11-15(19)7-8-20)9-14-5-6-17(21-10-14)26(4,24)25/h5-7,10,12H,8-9,11,20H2,1-4H3/p+1. The average molecular weight is 381 g/mol. The van der Waals surface area contributed by atoms with Crippen LogP contribution in [0.4, 0.5) is 4.39 Å². The predicted molar refractivity (Wildman–Crippen MR) is 98.2 cm³/mol. The van der Waals surface area contributed by atoms with Crippen LogP contribution in [-0.4, -0.2) is 36.0 Å². The molecule has 0 bridgehead atoms. The summed E-state index contributed by atoms with van der Waals surface area (Å²) in [5.41, 5.74) is 7.35. The normalized spacial score (nSPS) is 12.8. The van der Waals surface area contributed by atoms with Crippen LogP contribution in [-0.2, 0) is 22.8 Å². The van der Waals surface area contributed by atoms with Gasteiger partial charge in [-0.3, -0.25) is 4.68 Å². The average Bonchev–Trinajstić information content (AvgIpc) is 2.82. The van der Waals surface area contributed by atoms with Gasteiger partial charge in [-0.25, -0.2) is 17.8 Å². The fourth-order valence-corrected chi connectivity index (χ4v) is 3.48. The number of quaternary nitrogens is 1. The minimum absolute atomic E-state index is 0.0538. The molecule has 2 aromatic heterocycles. The van der Waals surface area contributed by atoms with E-state index in [1.54, 1.807) is 16.9 Å². The van der Waals surface area contributed by atoms with Crippen LogP contribution < -0.4 is 5.73 Å². The van der Waals surface area contributed by atoms with Gasteiger partial charge in [0.15, 0.2) is 14.9 Å². The van der Waals surface area contributed by atoms with Crippen LogP contribution in [0.15, 0.2) is 35.3 Å². The SMILES string of the molecule is Cc1nn(CC(F)=CC[NH3+])c(C(C)C)c1Cc1ccc(S(C)(=O)=O)nc1. The Bertz CT molecular complexity index is 900. The van der Waals surface area contributed by atoms with Crippen LogP contribution in [0.25, 0.3) is 0 Å². The lowest BCUT2D eigenvalue weighted by Gasteiger charge is -2.12. The lowest BCUT2D eigenvalue weighted by molar-refractivity contribution is -0.353. The van der Waals surface area contributed by atoms with Crippen LogP contribution in [0.5, 0.6) is 0 Å². The number of aryl methyl sites for hydroxylation is 1. The van der Waals surface area contributed by atoms with Gasteiger partial charge in [-0.1, -0.05) is 19.9 Å². The third kappa shape index (κ3) is 4.76. The molecule has 0 spiro atoms. The Hall–Kier alpha value is -2.06. The van der Waals surface area contributed by atoms with Gasteiger partial charge in [-0.05, 0) is 24.5 Å². The first-order valence-corrected chi connectivity index (χ1v) is 10.4. The maximum atomic E-state index is 13.9. The van der Waals surface area contributed by atoms with E-state index in [1.807, 2.05) is 20.8 Å². The number of hydrogen-bond acceptors (Lipinski definition) is 4. The van der Waals surface area contributed by atoms with E-state index in [0.29, 0.717) is 13.0 Å². The highest BCUT2D eigenvalue weighted by Gasteiger charge is 2.19. The van der Waals surface area contributed by atoms with Crippen molar-refractivity contribution in [2.75, 3.05) is 12.8 Å². The second kappa shape index (κ2) is 8.09. The minimum atomic E-state index is -3.32. The molecule has 2 heterocycles. The molecule has 2 rings (SSSR count). The summed E-state index contributed by atoms with van der Waals surface area (Å²) in [5.74, 6) is -0.0860. The Kier molecular flexibility index (Phi) is 6.30. The van der Waals surface area contributed by atoms with Crippen LogP contribution >= 0.6 is 0 Å². The van der Waals surface area contributed by atoms with Gasteiger partial charge in [0.2, 0.25) is 0 Å². The van der Waals surface area contributed by atoms with Gasteiger partial charge >= 0.3 is 0 Å². The monoisotopic (exact) mass is 381 g/mol. The van der Waals surface area contributed by atoms with Crippen molar-refractivity contribution in [3.8, 4) is 0 Å². The molecule has 0 fully saturated rings. The summed E-state index contributed by atoms with van der Waals surface area (Å²) in [6, 6.07) is 3.27. The van der Waals surface area contributed by atoms with Crippen molar-refractivity contribution >= 4 is 9.84 Å². The maximum Gasteiger partial charge on any atom is 0.192 e. The van der Waals surface area contributed by atoms with E-state index in [1.165, 1.54) is 12.1 Å². The van der Waals surface area contributed by atoms with Gasteiger partial charge in [0, 0.05) is 36.2 Å². The number of allylic oxidation sites excluding steroid dienone is 1. The van der Waals surface area contributed by atoms with Crippen molar-refractivity contribution in [2.45, 2.75) is 44.7 Å². The summed E-state index contributed by atoms with van der Waals surface area (Å²) in [4.78, 5) is 4.04. The molecule has 142 valence electrons. The summed E-state index contributed by atoms with van der Waals surface area (Å²) in [7, 11) is -3.32. The van der Waals surface area contributed by atoms with E-state index in [0.717, 1.165) is 28.8 Å². The van der Waals surface area contributed by atoms with Crippen molar-refractivity contribution in [3.63, 3.8) is 0 Å². The van der Waals surface area contributed by atoms with Crippen molar-refractivity contribution in [1.29, 1.82) is 0 Å². The summed E-state index contributed by atoms with van der Waals surface area (Å²) in [6.45, 7) is 6.48. The number of sulfone groups is 1. The van der Waals surface area contributed by atoms with E-state index >= 15 is 0 Å². The molecule has 0 amide bonds. The molecule has 0 aromatic carbocycles. The second-order valence-electron chi connectivity index (χ2n) is 6.65. The number of halogens is 1. The molecule has 0 saturated heterocycles. The Labute approximate surface area is 153 Å². The van der Waals surface area contributed by atoms with Crippen molar-refractivity contribution in [3.05, 3.63) is 52.7 Å². The number of pyridine rings is 1. The molecule has 2 aromatic rings. The molecule has 0 aliphatic heterocycles. The van der Waals surface area contributed by atoms with Crippen molar-refractivity contribution in [2.24, 2.45) is 0 Å². The largest absolute Gasteiger partial charge is 0.354 e. The van der Waals surface area contributed by atoms with E-state index in [2.05, 4.69) is 15.8 Å². The molecule has 0 radical (unpaired) electrons. The van der Waals surface area contributed by atoms with Crippen molar-refractivity contribution < 1.29 is 18.5 Å². The zero-order valence-corrected chi connectivity index (χ0v) is 16.5. The fraction of sp³-hybridized carbons (Fsp3) is 0.444. The molecule has 26 heavy (non-hydrogen) atoms. The Morgan fingerprint density at radius 2 is 2.08 bits per heavy atom. The summed E-state index contributed by atoms with van der Waals surface area (Å²) in [5, 5.41) is 4.56. The molecule has 0 saturated carbocycles. The third-order valence-corrected chi connectivity index (χ3v) is 5.07. The van der Waals surface area contributed by atoms with Gasteiger partial charge in [0.05, 0.1) is 18.8 Å². The number of rotatable bonds is 7. The Morgan fingerprint density at radius 3 is 2.58 bits per heavy atom. The smallest absolute Gasteiger partial charge is 0.192 e. The third-order valence-electron chi connectivity index (χ3n) is 4.07. The van der Waals surface area contributed by atoms with Gasteiger partial charge in [-0.15, -0.1) is 0 Å². The molecule has 3 N–H and O–H groups in total. The van der Waals surface area contributed by atoms with Crippen LogP contribution in [0.2, 0.25) is 0 Å². The van der Waals surface area contributed by atoms with Gasteiger partial charge in [0.25, 0.3) is 0 Å². The molecule has 0 atom stereocenters. The maximum absolute atomic E-state index is 13.9. The summed E-state index contributed by atoms with van der Waals surface area (Å²) in [6.07, 6.45) is 4.72. The highest BCUT2D eigenvalue weighted by atomic mass is 32.2. The highest BCUT2D eigenvalue weighted by molar-refractivity contribution is 7.90. The Balaban J connectivity index is 2.37. The van der Waals surface area contributed by atoms with Crippen molar-refractivity contribution in [1.82, 2.24) is 14.8 Å². The quantitative estimate of drug-likeness (QED) is 0.791. The number of nitrogens with zero attached hydrogens (tertiary/aromatic N) is 3. The number of aromatic nitrogens is 3. The first kappa shape index (κ1) is 20.3. The van der Waals surface area contributed by atoms with Crippen LogP contribution in [0.3, 0.4) is 0 Å². The fourth-order valence-electron chi connectivity index (χ4n) is 2.93. The highest BCUT2D eigenvalue weighted by Crippen LogP contribution is 2.26. The summed E-state index contributed by atoms with van der Waals surface area (Å²) < 4.78 is 38.7. The second-order valence-corrected chi connectivity index (χ2v) is 8.62. The molecular weight excluding hydrogens is 355 g/mol. The molecule has 0 aliphatic rings. The lowest BCUT2D eigenvalue weighted by atomic mass is 9.98. The molecule has 0 unspecified atom stereocenters. The molecule has 8 heteroatoms. The van der Waals surface area contributed by atoms with Crippen LogP contribution in [0, 0.1) is 6.92 Å². The van der Waals surface area contributed by atoms with Gasteiger partial charge in [-0.2, -0.15) is 5.10 Å². The topological polar surface area (TPSA) is 92.5 Å². The zero-order chi connectivity index (χ0) is 19.5. The molecule has 0 aliphatic carbocycles. The molecular formula is C18H26FN4O2S+. The van der Waals surface area contributed by atoms with Crippen LogP contribution in [0.1, 0.15) is 42.3 Å². The lowest BCUT2D eigenvalue weighted by Crippen LogP contribution is -2.49. The number of hydrogen-bond donors (Lipinski definition) is 1. The van der Waals surface area contributed by atoms with Gasteiger partial charge in [0.1, 0.15) is 5.83 Å². The zero-order valence-electron chi connectivity index (χ0n) is 15.7. The van der Waals surface area contributed by atoms with E-state index in [-0.39, 0.29) is 23.3 Å². The first-order valence-electron chi connectivity index (χ1n) is 8.48. The van der Waals surface area contributed by atoms with E-state index in [9.17, 15) is 12.8 Å². The van der Waals surface area contributed by atoms with E-state index in [4.69, 9.17) is 0 Å². The van der Waals surface area contributed by atoms with Gasteiger partial charge < -0.3 is 5.73 Å². The predicted octanol–water partition coefficient (Wildman–Crippen LogP) is 1.80. The van der Waals surface area contributed by atoms with E-state index < -0.39 is 9.84 Å². The molecule has 6 nitrogen and oxygen atoms in total. The Morgan fingerprint density at radius 1 is 1.38 bits per heavy atom. The summed E-state index contributed by atoms with van der Waals surface area (Å²) >= 11 is 0. The minimum Gasteiger partial charge on any atom is -0.354 e.